The highest BCUT2D eigenvalue weighted by atomic mass is 32.1. The van der Waals surface area contributed by atoms with Gasteiger partial charge in [0.1, 0.15) is 6.33 Å². The van der Waals surface area contributed by atoms with Crippen molar-refractivity contribution in [2.24, 2.45) is 5.73 Å². The third-order valence-corrected chi connectivity index (χ3v) is 5.09. The van der Waals surface area contributed by atoms with Crippen LogP contribution >= 0.6 is 11.3 Å². The van der Waals surface area contributed by atoms with E-state index in [0.29, 0.717) is 6.54 Å². The maximum absolute atomic E-state index is 12.7. The van der Waals surface area contributed by atoms with Crippen LogP contribution in [0.1, 0.15) is 11.8 Å². The number of aryl methyl sites for hydroxylation is 1. The molecule has 3 aromatic heterocycles. The zero-order valence-corrected chi connectivity index (χ0v) is 17.9. The summed E-state index contributed by atoms with van der Waals surface area (Å²) in [5, 5.41) is 17.3. The van der Waals surface area contributed by atoms with E-state index in [2.05, 4.69) is 10.2 Å². The summed E-state index contributed by atoms with van der Waals surface area (Å²) in [6.45, 7) is 2.51. The molecule has 0 fully saturated rings. The molecule has 33 heavy (non-hydrogen) atoms. The van der Waals surface area contributed by atoms with Crippen LogP contribution in [0.4, 0.5) is 22.0 Å². The van der Waals surface area contributed by atoms with Crippen molar-refractivity contribution < 1.29 is 31.9 Å². The summed E-state index contributed by atoms with van der Waals surface area (Å²) in [4.78, 5) is 22.2. The predicted molar refractivity (Wildman–Crippen MR) is 109 cm³/mol. The minimum absolute atomic E-state index is 0.302. The van der Waals surface area contributed by atoms with Gasteiger partial charge in [-0.15, -0.1) is 11.3 Å². The van der Waals surface area contributed by atoms with Gasteiger partial charge in [0.05, 0.1) is 19.3 Å². The minimum atomic E-state index is -5.08. The van der Waals surface area contributed by atoms with Crippen LogP contribution in [0.3, 0.4) is 0 Å². The van der Waals surface area contributed by atoms with E-state index in [1.807, 2.05) is 29.2 Å². The minimum Gasteiger partial charge on any atom is -0.475 e. The Hall–Kier alpha value is -3.33. The molecule has 3 aromatic rings. The van der Waals surface area contributed by atoms with Crippen molar-refractivity contribution in [1.29, 1.82) is 0 Å². The average Bonchev–Trinajstić information content (AvgIpc) is 3.47. The Kier molecular flexibility index (Phi) is 8.64. The van der Waals surface area contributed by atoms with E-state index in [-0.39, 0.29) is 18.7 Å². The van der Waals surface area contributed by atoms with Crippen LogP contribution < -0.4 is 11.4 Å². The first-order chi connectivity index (χ1) is 15.5. The number of thiophene rings is 1. The third-order valence-electron chi connectivity index (χ3n) is 4.16. The molecule has 15 heteroatoms. The first-order valence-electron chi connectivity index (χ1n) is 9.21. The average molecular weight is 494 g/mol. The predicted octanol–water partition coefficient (Wildman–Crippen LogP) is 2.78. The van der Waals surface area contributed by atoms with E-state index >= 15 is 0 Å². The summed E-state index contributed by atoms with van der Waals surface area (Å²) in [7, 11) is 0. The van der Waals surface area contributed by atoms with E-state index in [1.54, 1.807) is 6.20 Å². The number of carboxylic acid groups (broad SMARTS) is 1. The standard InChI is InChI=1S/C16H18F2N6OS.C2HF3O2/c1-2-23-6-13(5-20-23)11-3-14(26-9-11)8-22-10-21-24(16(22)25)7-12(4-19)15(17)18;3-2(4,5)1(6)7/h3,5-6,9-10H,2,4,7-8,19H2,1H3;(H,6,7). The molecule has 3 N–H and O–H groups in total. The van der Waals surface area contributed by atoms with Crippen LogP contribution in [0, 0.1) is 0 Å². The van der Waals surface area contributed by atoms with E-state index in [0.717, 1.165) is 27.2 Å². The molecule has 0 saturated heterocycles. The van der Waals surface area contributed by atoms with Gasteiger partial charge >= 0.3 is 17.8 Å². The summed E-state index contributed by atoms with van der Waals surface area (Å²) < 4.78 is 61.4. The summed E-state index contributed by atoms with van der Waals surface area (Å²) >= 11 is 1.51. The van der Waals surface area contributed by atoms with Crippen molar-refractivity contribution in [2.45, 2.75) is 32.7 Å². The molecule has 0 amide bonds. The highest BCUT2D eigenvalue weighted by Crippen LogP contribution is 2.25. The van der Waals surface area contributed by atoms with Gasteiger partial charge < -0.3 is 10.8 Å². The molecular weight excluding hydrogens is 475 g/mol. The highest BCUT2D eigenvalue weighted by Gasteiger charge is 2.38. The molecule has 3 rings (SSSR count). The molecule has 0 unspecified atom stereocenters. The van der Waals surface area contributed by atoms with E-state index in [9.17, 15) is 26.7 Å². The van der Waals surface area contributed by atoms with Crippen LogP contribution in [0.2, 0.25) is 0 Å². The largest absolute Gasteiger partial charge is 0.490 e. The van der Waals surface area contributed by atoms with Crippen LogP contribution in [-0.4, -0.2) is 47.9 Å². The van der Waals surface area contributed by atoms with E-state index in [4.69, 9.17) is 15.6 Å². The van der Waals surface area contributed by atoms with Gasteiger partial charge in [-0.25, -0.2) is 14.3 Å². The molecule has 0 aliphatic rings. The fraction of sp³-hybridized carbons (Fsp3) is 0.333. The molecule has 9 nitrogen and oxygen atoms in total. The van der Waals surface area contributed by atoms with Crippen LogP contribution in [0.5, 0.6) is 0 Å². The van der Waals surface area contributed by atoms with Gasteiger partial charge in [-0.2, -0.15) is 32.1 Å². The number of rotatable bonds is 7. The molecule has 0 aliphatic heterocycles. The Morgan fingerprint density at radius 3 is 2.42 bits per heavy atom. The Morgan fingerprint density at radius 1 is 1.24 bits per heavy atom. The SMILES string of the molecule is CCn1cc(-c2csc(Cn3cnn(CC(CN)=C(F)F)c3=O)c2)cn1.O=C(O)C(F)(F)F. The van der Waals surface area contributed by atoms with Crippen LogP contribution in [0.15, 0.2) is 46.6 Å². The van der Waals surface area contributed by atoms with Gasteiger partial charge in [-0.05, 0) is 23.9 Å². The van der Waals surface area contributed by atoms with Gasteiger partial charge in [-0.3, -0.25) is 9.25 Å². The number of nitrogens with zero attached hydrogens (tertiary/aromatic N) is 5. The van der Waals surface area contributed by atoms with Crippen molar-refractivity contribution in [3.05, 3.63) is 57.2 Å². The molecule has 180 valence electrons. The molecule has 0 saturated carbocycles. The second kappa shape index (κ2) is 11.0. The zero-order valence-electron chi connectivity index (χ0n) is 17.1. The number of carbonyl (C=O) groups is 1. The lowest BCUT2D eigenvalue weighted by molar-refractivity contribution is -0.192. The van der Waals surface area contributed by atoms with Gasteiger partial charge in [0.25, 0.3) is 6.08 Å². The number of alkyl halides is 3. The van der Waals surface area contributed by atoms with Gasteiger partial charge in [0.15, 0.2) is 0 Å². The number of nitrogens with two attached hydrogens (primary N) is 1. The van der Waals surface area contributed by atoms with E-state index in [1.165, 1.54) is 22.2 Å². The zero-order chi connectivity index (χ0) is 24.8. The summed E-state index contributed by atoms with van der Waals surface area (Å²) in [6.07, 6.45) is -1.85. The van der Waals surface area contributed by atoms with E-state index < -0.39 is 23.9 Å². The highest BCUT2D eigenvalue weighted by molar-refractivity contribution is 7.10. The maximum atomic E-state index is 12.7. The monoisotopic (exact) mass is 494 g/mol. The molecule has 0 radical (unpaired) electrons. The summed E-state index contributed by atoms with van der Waals surface area (Å²) in [5.41, 5.74) is 6.56. The number of aliphatic carboxylic acids is 1. The Bertz CT molecular complexity index is 1170. The second-order valence-electron chi connectivity index (χ2n) is 6.46. The molecule has 0 aliphatic carbocycles. The molecule has 0 spiro atoms. The second-order valence-corrected chi connectivity index (χ2v) is 7.45. The van der Waals surface area contributed by atoms with Crippen molar-refractivity contribution in [3.8, 4) is 11.1 Å². The maximum Gasteiger partial charge on any atom is 0.490 e. The molecule has 3 heterocycles. The molecule has 0 atom stereocenters. The summed E-state index contributed by atoms with van der Waals surface area (Å²) in [6, 6.07) is 1.98. The number of aromatic nitrogens is 5. The Labute approximate surface area is 187 Å². The van der Waals surface area contributed by atoms with Gasteiger partial charge in [0.2, 0.25) is 0 Å². The van der Waals surface area contributed by atoms with Crippen molar-refractivity contribution >= 4 is 17.3 Å². The fourth-order valence-corrected chi connectivity index (χ4v) is 3.33. The number of halogens is 5. The van der Waals surface area contributed by atoms with Crippen molar-refractivity contribution in [2.75, 3.05) is 6.54 Å². The third kappa shape index (κ3) is 7.08. The number of hydrogen-bond donors (Lipinski definition) is 2. The van der Waals surface area contributed by atoms with Crippen LogP contribution in [0.25, 0.3) is 11.1 Å². The topological polar surface area (TPSA) is 121 Å². The normalized spacial score (nSPS) is 11.1. The lowest BCUT2D eigenvalue weighted by atomic mass is 10.2. The summed E-state index contributed by atoms with van der Waals surface area (Å²) in [5.74, 6) is -2.76. The van der Waals surface area contributed by atoms with Crippen molar-refractivity contribution in [3.63, 3.8) is 0 Å². The fourth-order valence-electron chi connectivity index (χ4n) is 2.44. The van der Waals surface area contributed by atoms with Crippen molar-refractivity contribution in [1.82, 2.24) is 24.1 Å². The number of hydrogen-bond acceptors (Lipinski definition) is 6. The smallest absolute Gasteiger partial charge is 0.475 e. The quantitative estimate of drug-likeness (QED) is 0.488. The molecular formula is C18H19F5N6O3S. The molecule has 0 aromatic carbocycles. The molecule has 0 bridgehead atoms. The Morgan fingerprint density at radius 2 is 1.91 bits per heavy atom. The first-order valence-corrected chi connectivity index (χ1v) is 10.1. The number of carboxylic acids is 1. The van der Waals surface area contributed by atoms with Crippen LogP contribution in [-0.2, 0) is 24.4 Å². The Balaban J connectivity index is 0.000000479. The van der Waals surface area contributed by atoms with Gasteiger partial charge in [0, 0.05) is 35.3 Å². The lowest BCUT2D eigenvalue weighted by Gasteiger charge is -2.02. The van der Waals surface area contributed by atoms with Gasteiger partial charge in [-0.1, -0.05) is 0 Å². The lowest BCUT2D eigenvalue weighted by Crippen LogP contribution is -2.27. The first kappa shape index (κ1) is 25.9.